The number of benzene rings is 9. The van der Waals surface area contributed by atoms with Crippen LogP contribution in [0, 0.1) is 0 Å². The minimum Gasteiger partial charge on any atom is -0.455 e. The molecule has 0 saturated carbocycles. The molecule has 0 amide bonds. The maximum atomic E-state index is 6.64. The van der Waals surface area contributed by atoms with Gasteiger partial charge in [-0.25, -0.2) is 0 Å². The van der Waals surface area contributed by atoms with Crippen LogP contribution in [0.2, 0.25) is 0 Å². The molecule has 2 nitrogen and oxygen atoms in total. The van der Waals surface area contributed by atoms with Gasteiger partial charge >= 0.3 is 0 Å². The van der Waals surface area contributed by atoms with Crippen molar-refractivity contribution >= 4 is 92.1 Å². The van der Waals surface area contributed by atoms with Crippen LogP contribution in [0.5, 0.6) is 0 Å². The molecule has 0 unspecified atom stereocenters. The first-order chi connectivity index (χ1) is 26.3. The Balaban J connectivity index is 1.16. The monoisotopic (exact) mass is 693 g/mol. The molecule has 9 aromatic carbocycles. The summed E-state index contributed by atoms with van der Waals surface area (Å²) in [4.78, 5) is 2.45. The predicted molar refractivity (Wildman–Crippen MR) is 227 cm³/mol. The first kappa shape index (κ1) is 30.0. The molecule has 248 valence electrons. The molecule has 0 saturated heterocycles. The van der Waals surface area contributed by atoms with Crippen molar-refractivity contribution in [2.24, 2.45) is 0 Å². The van der Waals surface area contributed by atoms with Gasteiger partial charge in [0.2, 0.25) is 0 Å². The maximum Gasteiger partial charge on any atom is 0.143 e. The number of anilines is 3. The molecule has 0 atom stereocenters. The van der Waals surface area contributed by atoms with E-state index >= 15 is 0 Å². The second kappa shape index (κ2) is 11.9. The van der Waals surface area contributed by atoms with Crippen LogP contribution < -0.4 is 4.90 Å². The number of para-hydroxylation sites is 1. The lowest BCUT2D eigenvalue weighted by atomic mass is 9.97. The fraction of sp³-hybridized carbons (Fsp3) is 0. The van der Waals surface area contributed by atoms with Crippen LogP contribution in [0.1, 0.15) is 0 Å². The standard InChI is InChI=1S/C50H31NOS/c1-2-12-33(13-3-1)39-18-8-9-22-43(39)51(36-27-24-35(25-28-36)38-20-10-16-32-14-4-6-17-37(32)38)44-23-11-21-42-48-46(53-50(42)44)31-30-45-47(48)41-29-26-34-15-5-7-19-40(34)49(41)52-45/h1-31H. The fourth-order valence-electron chi connectivity index (χ4n) is 8.25. The number of hydrogen-bond acceptors (Lipinski definition) is 3. The van der Waals surface area contributed by atoms with Crippen molar-refractivity contribution in [2.75, 3.05) is 4.90 Å². The third-order valence-corrected chi connectivity index (χ3v) is 11.9. The first-order valence-corrected chi connectivity index (χ1v) is 18.8. The summed E-state index contributed by atoms with van der Waals surface area (Å²) in [6, 6.07) is 67.8. The zero-order valence-electron chi connectivity index (χ0n) is 28.7. The highest BCUT2D eigenvalue weighted by molar-refractivity contribution is 7.26. The van der Waals surface area contributed by atoms with E-state index in [2.05, 4.69) is 193 Å². The highest BCUT2D eigenvalue weighted by Crippen LogP contribution is 2.50. The van der Waals surface area contributed by atoms with E-state index in [0.717, 1.165) is 39.0 Å². The van der Waals surface area contributed by atoms with Gasteiger partial charge in [0.05, 0.1) is 16.1 Å². The molecule has 0 aliphatic carbocycles. The van der Waals surface area contributed by atoms with Crippen LogP contribution in [0.4, 0.5) is 17.1 Å². The molecular formula is C50H31NOS. The van der Waals surface area contributed by atoms with Gasteiger partial charge in [-0.2, -0.15) is 0 Å². The lowest BCUT2D eigenvalue weighted by Gasteiger charge is -2.28. The number of thiophene rings is 1. The average Bonchev–Trinajstić information content (AvgIpc) is 3.81. The third-order valence-electron chi connectivity index (χ3n) is 10.7. The Kier molecular flexibility index (Phi) is 6.76. The van der Waals surface area contributed by atoms with Crippen molar-refractivity contribution in [3.05, 3.63) is 188 Å². The molecule has 11 rings (SSSR count). The third kappa shape index (κ3) is 4.71. The smallest absolute Gasteiger partial charge is 0.143 e. The van der Waals surface area contributed by atoms with E-state index in [9.17, 15) is 0 Å². The predicted octanol–water partition coefficient (Wildman–Crippen LogP) is 15.1. The molecule has 0 fully saturated rings. The van der Waals surface area contributed by atoms with Crippen LogP contribution in [-0.2, 0) is 0 Å². The molecule has 0 N–H and O–H groups in total. The van der Waals surface area contributed by atoms with Gasteiger partial charge < -0.3 is 9.32 Å². The summed E-state index contributed by atoms with van der Waals surface area (Å²) in [5, 5.41) is 9.66. The number of fused-ring (bicyclic) bond motifs is 10. The molecule has 11 aromatic rings. The minimum absolute atomic E-state index is 0.921. The molecule has 2 heterocycles. The van der Waals surface area contributed by atoms with E-state index in [-0.39, 0.29) is 0 Å². The van der Waals surface area contributed by atoms with E-state index in [1.165, 1.54) is 64.0 Å². The van der Waals surface area contributed by atoms with Gasteiger partial charge in [0.1, 0.15) is 11.2 Å². The van der Waals surface area contributed by atoms with Gasteiger partial charge in [0.25, 0.3) is 0 Å². The number of furan rings is 1. The summed E-state index contributed by atoms with van der Waals surface area (Å²) >= 11 is 1.86. The van der Waals surface area contributed by atoms with Crippen molar-refractivity contribution in [1.82, 2.24) is 0 Å². The molecule has 3 heteroatoms. The van der Waals surface area contributed by atoms with Crippen molar-refractivity contribution in [2.45, 2.75) is 0 Å². The van der Waals surface area contributed by atoms with Gasteiger partial charge in [-0.3, -0.25) is 0 Å². The van der Waals surface area contributed by atoms with Crippen molar-refractivity contribution in [1.29, 1.82) is 0 Å². The van der Waals surface area contributed by atoms with Gasteiger partial charge in [-0.1, -0.05) is 146 Å². The van der Waals surface area contributed by atoms with Crippen molar-refractivity contribution < 1.29 is 4.42 Å². The van der Waals surface area contributed by atoms with E-state index in [4.69, 9.17) is 4.42 Å². The number of hydrogen-bond donors (Lipinski definition) is 0. The first-order valence-electron chi connectivity index (χ1n) is 18.0. The highest BCUT2D eigenvalue weighted by atomic mass is 32.1. The Bertz CT molecular complexity index is 3170. The average molecular weight is 694 g/mol. The summed E-state index contributed by atoms with van der Waals surface area (Å²) in [5.74, 6) is 0. The molecule has 0 aliphatic heterocycles. The normalized spacial score (nSPS) is 11.8. The molecule has 0 spiro atoms. The largest absolute Gasteiger partial charge is 0.455 e. The van der Waals surface area contributed by atoms with Crippen LogP contribution in [0.15, 0.2) is 192 Å². The molecule has 0 aliphatic rings. The van der Waals surface area contributed by atoms with Crippen LogP contribution in [0.25, 0.3) is 85.9 Å². The van der Waals surface area contributed by atoms with Gasteiger partial charge in [0, 0.05) is 42.9 Å². The lowest BCUT2D eigenvalue weighted by molar-refractivity contribution is 0.673. The summed E-state index contributed by atoms with van der Waals surface area (Å²) in [6.07, 6.45) is 0. The van der Waals surface area contributed by atoms with E-state index in [1.54, 1.807) is 0 Å². The molecular weight excluding hydrogens is 663 g/mol. The van der Waals surface area contributed by atoms with Gasteiger partial charge in [-0.05, 0) is 75.3 Å². The van der Waals surface area contributed by atoms with Crippen LogP contribution >= 0.6 is 11.3 Å². The van der Waals surface area contributed by atoms with E-state index < -0.39 is 0 Å². The minimum atomic E-state index is 0.921. The quantitative estimate of drug-likeness (QED) is 0.178. The van der Waals surface area contributed by atoms with Crippen LogP contribution in [0.3, 0.4) is 0 Å². The van der Waals surface area contributed by atoms with Gasteiger partial charge in [0.15, 0.2) is 0 Å². The molecule has 2 aromatic heterocycles. The summed E-state index contributed by atoms with van der Waals surface area (Å²) in [7, 11) is 0. The summed E-state index contributed by atoms with van der Waals surface area (Å²) < 4.78 is 9.13. The Hall–Kier alpha value is -6.68. The second-order valence-electron chi connectivity index (χ2n) is 13.6. The maximum absolute atomic E-state index is 6.64. The van der Waals surface area contributed by atoms with Crippen LogP contribution in [-0.4, -0.2) is 0 Å². The SMILES string of the molecule is c1ccc(-c2ccccc2N(c2ccc(-c3cccc4ccccc34)cc2)c2cccc3c2sc2ccc4oc5c6ccccc6ccc5c4c23)cc1. The Morgan fingerprint density at radius 2 is 1.04 bits per heavy atom. The topological polar surface area (TPSA) is 16.4 Å². The Morgan fingerprint density at radius 1 is 0.396 bits per heavy atom. The molecule has 53 heavy (non-hydrogen) atoms. The lowest BCUT2D eigenvalue weighted by Crippen LogP contribution is -2.11. The molecule has 0 radical (unpaired) electrons. The van der Waals surface area contributed by atoms with Crippen molar-refractivity contribution in [3.8, 4) is 22.3 Å². The number of rotatable bonds is 5. The highest BCUT2D eigenvalue weighted by Gasteiger charge is 2.23. The summed E-state index contributed by atoms with van der Waals surface area (Å²) in [5.41, 5.74) is 10.1. The fourth-order valence-corrected chi connectivity index (χ4v) is 9.46. The van der Waals surface area contributed by atoms with E-state index in [0.29, 0.717) is 0 Å². The molecule has 0 bridgehead atoms. The van der Waals surface area contributed by atoms with Gasteiger partial charge in [-0.15, -0.1) is 11.3 Å². The zero-order valence-corrected chi connectivity index (χ0v) is 29.5. The zero-order chi connectivity index (χ0) is 34.9. The van der Waals surface area contributed by atoms with E-state index in [1.807, 2.05) is 11.3 Å². The second-order valence-corrected chi connectivity index (χ2v) is 14.7. The van der Waals surface area contributed by atoms with Crippen molar-refractivity contribution in [3.63, 3.8) is 0 Å². The summed E-state index contributed by atoms with van der Waals surface area (Å²) in [6.45, 7) is 0. The number of nitrogens with zero attached hydrogens (tertiary/aromatic N) is 1. The Labute approximate surface area is 310 Å². The Morgan fingerprint density at radius 3 is 1.91 bits per heavy atom.